The fraction of sp³-hybridized carbons (Fsp3) is 0.0500. The first-order valence-corrected chi connectivity index (χ1v) is 10.1. The smallest absolute Gasteiger partial charge is 0.269 e. The molecule has 146 valence electrons. The zero-order chi connectivity index (χ0) is 20.4. The maximum Gasteiger partial charge on any atom is 0.269 e. The third-order valence-electron chi connectivity index (χ3n) is 4.19. The van der Waals surface area contributed by atoms with Crippen molar-refractivity contribution in [1.29, 1.82) is 0 Å². The van der Waals surface area contributed by atoms with Crippen molar-refractivity contribution in [3.8, 4) is 11.3 Å². The highest BCUT2D eigenvalue weighted by atomic mass is 35.5. The van der Waals surface area contributed by atoms with E-state index in [2.05, 4.69) is 0 Å². The molecule has 2 aromatic carbocycles. The summed E-state index contributed by atoms with van der Waals surface area (Å²) in [6, 6.07) is 15.3. The van der Waals surface area contributed by atoms with E-state index < -0.39 is 4.92 Å². The summed E-state index contributed by atoms with van der Waals surface area (Å²) in [6.45, 7) is 0.461. The lowest BCUT2D eigenvalue weighted by Gasteiger charge is -2.08. The average Bonchev–Trinajstić information content (AvgIpc) is 3.36. The first kappa shape index (κ1) is 19.4. The third-order valence-corrected chi connectivity index (χ3v) is 5.80. The van der Waals surface area contributed by atoms with E-state index in [4.69, 9.17) is 32.6 Å². The molecule has 0 aliphatic rings. The van der Waals surface area contributed by atoms with Gasteiger partial charge < -0.3 is 8.98 Å². The molecular formula is C20H13Cl2N3O3S. The predicted molar refractivity (Wildman–Crippen MR) is 114 cm³/mol. The Bertz CT molecular complexity index is 1230. The van der Waals surface area contributed by atoms with Gasteiger partial charge in [0, 0.05) is 17.5 Å². The summed E-state index contributed by atoms with van der Waals surface area (Å²) in [5.74, 6) is 0.766. The quantitative estimate of drug-likeness (QED) is 0.267. The molecule has 0 aliphatic heterocycles. The minimum Gasteiger partial charge on any atom is -0.467 e. The van der Waals surface area contributed by atoms with Crippen LogP contribution >= 0.6 is 34.5 Å². The number of thiazole rings is 1. The van der Waals surface area contributed by atoms with Crippen LogP contribution in [0.2, 0.25) is 10.0 Å². The van der Waals surface area contributed by atoms with Gasteiger partial charge in [-0.05, 0) is 48.0 Å². The van der Waals surface area contributed by atoms with Gasteiger partial charge in [-0.15, -0.1) is 11.3 Å². The second kappa shape index (κ2) is 8.24. The normalized spacial score (nSPS) is 11.7. The Kier molecular flexibility index (Phi) is 5.53. The van der Waals surface area contributed by atoms with E-state index in [1.165, 1.54) is 23.5 Å². The second-order valence-electron chi connectivity index (χ2n) is 6.08. The minimum atomic E-state index is -0.417. The topological polar surface area (TPSA) is 73.6 Å². The average molecular weight is 446 g/mol. The highest BCUT2D eigenvalue weighted by Crippen LogP contribution is 2.27. The molecule has 4 rings (SSSR count). The van der Waals surface area contributed by atoms with Gasteiger partial charge in [0.2, 0.25) is 0 Å². The number of halogens is 2. The minimum absolute atomic E-state index is 0.0438. The number of nitrogens with zero attached hydrogens (tertiary/aromatic N) is 3. The first-order chi connectivity index (χ1) is 14.0. The summed E-state index contributed by atoms with van der Waals surface area (Å²) in [5, 5.41) is 13.8. The number of furan rings is 1. The molecule has 0 atom stereocenters. The second-order valence-corrected chi connectivity index (χ2v) is 7.73. The summed E-state index contributed by atoms with van der Waals surface area (Å²) in [6.07, 6.45) is 1.61. The standard InChI is InChI=1S/C20H13Cl2N3O3S/c21-17-8-5-14(10-18(17)22)23-20-24(11-16-2-1-9-28-16)19(12-29-20)13-3-6-15(7-4-13)25(26)27/h1-10,12H,11H2. The molecular weight excluding hydrogens is 433 g/mol. The van der Waals surface area contributed by atoms with Crippen LogP contribution < -0.4 is 4.80 Å². The molecule has 0 amide bonds. The SMILES string of the molecule is O=[N+]([O-])c1ccc(-c2csc(=Nc3ccc(Cl)c(Cl)c3)n2Cc2ccco2)cc1. The van der Waals surface area contributed by atoms with Crippen molar-refractivity contribution in [3.63, 3.8) is 0 Å². The highest BCUT2D eigenvalue weighted by molar-refractivity contribution is 7.07. The molecule has 0 fully saturated rings. The van der Waals surface area contributed by atoms with Crippen molar-refractivity contribution in [1.82, 2.24) is 4.57 Å². The third kappa shape index (κ3) is 4.27. The van der Waals surface area contributed by atoms with Crippen LogP contribution in [0, 0.1) is 10.1 Å². The molecule has 0 aliphatic carbocycles. The van der Waals surface area contributed by atoms with Crippen LogP contribution in [0.5, 0.6) is 0 Å². The van der Waals surface area contributed by atoms with Crippen LogP contribution in [0.1, 0.15) is 5.76 Å². The van der Waals surface area contributed by atoms with Crippen molar-refractivity contribution >= 4 is 45.9 Å². The van der Waals surface area contributed by atoms with E-state index in [1.54, 1.807) is 36.6 Å². The van der Waals surface area contributed by atoms with Gasteiger partial charge in [-0.2, -0.15) is 0 Å². The van der Waals surface area contributed by atoms with Crippen LogP contribution in [0.3, 0.4) is 0 Å². The lowest BCUT2D eigenvalue weighted by molar-refractivity contribution is -0.384. The van der Waals surface area contributed by atoms with Gasteiger partial charge in [-0.25, -0.2) is 4.99 Å². The Balaban J connectivity index is 1.82. The van der Waals surface area contributed by atoms with Crippen LogP contribution in [0.25, 0.3) is 11.3 Å². The Labute approximate surface area is 179 Å². The fourth-order valence-corrected chi connectivity index (χ4v) is 4.00. The van der Waals surface area contributed by atoms with Gasteiger partial charge in [0.25, 0.3) is 5.69 Å². The molecule has 4 aromatic rings. The van der Waals surface area contributed by atoms with Crippen LogP contribution in [0.15, 0.2) is 75.7 Å². The molecule has 0 bridgehead atoms. The van der Waals surface area contributed by atoms with Gasteiger partial charge in [-0.3, -0.25) is 10.1 Å². The number of non-ortho nitro benzene ring substituents is 1. The molecule has 0 unspecified atom stereocenters. The lowest BCUT2D eigenvalue weighted by Crippen LogP contribution is -2.16. The van der Waals surface area contributed by atoms with Crippen molar-refractivity contribution in [2.45, 2.75) is 6.54 Å². The largest absolute Gasteiger partial charge is 0.467 e. The molecule has 0 N–H and O–H groups in total. The summed E-state index contributed by atoms with van der Waals surface area (Å²) in [4.78, 5) is 16.0. The van der Waals surface area contributed by atoms with Crippen LogP contribution in [-0.4, -0.2) is 9.49 Å². The first-order valence-electron chi connectivity index (χ1n) is 8.46. The number of hydrogen-bond acceptors (Lipinski definition) is 5. The number of rotatable bonds is 5. The van der Waals surface area contributed by atoms with Gasteiger partial charge in [0.1, 0.15) is 5.76 Å². The summed E-state index contributed by atoms with van der Waals surface area (Å²) >= 11 is 13.6. The summed E-state index contributed by atoms with van der Waals surface area (Å²) in [7, 11) is 0. The molecule has 0 radical (unpaired) electrons. The number of hydrogen-bond donors (Lipinski definition) is 0. The van der Waals surface area contributed by atoms with E-state index in [1.807, 2.05) is 22.1 Å². The van der Waals surface area contributed by atoms with Gasteiger partial charge in [0.05, 0.1) is 39.2 Å². The van der Waals surface area contributed by atoms with E-state index in [9.17, 15) is 10.1 Å². The molecule has 0 saturated carbocycles. The Hall–Kier alpha value is -2.87. The highest BCUT2D eigenvalue weighted by Gasteiger charge is 2.12. The molecule has 0 saturated heterocycles. The van der Waals surface area contributed by atoms with E-state index in [0.717, 1.165) is 21.8 Å². The number of aromatic nitrogens is 1. The Morgan fingerprint density at radius 1 is 1.10 bits per heavy atom. The van der Waals surface area contributed by atoms with Gasteiger partial charge in [0.15, 0.2) is 4.80 Å². The van der Waals surface area contributed by atoms with E-state index in [-0.39, 0.29) is 5.69 Å². The summed E-state index contributed by atoms with van der Waals surface area (Å²) < 4.78 is 7.50. The molecule has 6 nitrogen and oxygen atoms in total. The van der Waals surface area contributed by atoms with E-state index >= 15 is 0 Å². The molecule has 2 aromatic heterocycles. The maximum atomic E-state index is 10.9. The molecule has 29 heavy (non-hydrogen) atoms. The monoisotopic (exact) mass is 445 g/mol. The van der Waals surface area contributed by atoms with Gasteiger partial charge >= 0.3 is 0 Å². The summed E-state index contributed by atoms with van der Waals surface area (Å²) in [5.41, 5.74) is 2.43. The van der Waals surface area contributed by atoms with Crippen molar-refractivity contribution in [2.75, 3.05) is 0 Å². The zero-order valence-corrected chi connectivity index (χ0v) is 17.1. The fourth-order valence-electron chi connectivity index (χ4n) is 2.78. The predicted octanol–water partition coefficient (Wildman–Crippen LogP) is 6.31. The number of nitro benzene ring substituents is 1. The lowest BCUT2D eigenvalue weighted by atomic mass is 10.1. The number of nitro groups is 1. The van der Waals surface area contributed by atoms with E-state index in [0.29, 0.717) is 22.3 Å². The Morgan fingerprint density at radius 3 is 2.55 bits per heavy atom. The zero-order valence-electron chi connectivity index (χ0n) is 14.8. The molecule has 0 spiro atoms. The van der Waals surface area contributed by atoms with Crippen molar-refractivity contribution in [3.05, 3.63) is 97.0 Å². The maximum absolute atomic E-state index is 10.9. The van der Waals surface area contributed by atoms with Crippen molar-refractivity contribution in [2.24, 2.45) is 4.99 Å². The number of benzene rings is 2. The van der Waals surface area contributed by atoms with Gasteiger partial charge in [-0.1, -0.05) is 23.2 Å². The molecule has 9 heteroatoms. The van der Waals surface area contributed by atoms with Crippen LogP contribution in [-0.2, 0) is 6.54 Å². The van der Waals surface area contributed by atoms with Crippen LogP contribution in [0.4, 0.5) is 11.4 Å². The Morgan fingerprint density at radius 2 is 1.90 bits per heavy atom. The van der Waals surface area contributed by atoms with Crippen molar-refractivity contribution < 1.29 is 9.34 Å². The molecule has 2 heterocycles.